The third kappa shape index (κ3) is 5.55. The van der Waals surface area contributed by atoms with Gasteiger partial charge in [0.1, 0.15) is 5.60 Å². The standard InChI is InChI=1S/C23H27ClN4O3S/c1-13(29)26-20-27-16-9-8-14(11-18(16)32-20)15-10-17(19(24)25-12-15)28(22(2,3)4)21(30)31-23(5,6)7/h8-12H,1-7H3,(H,26,27,29). The molecule has 170 valence electrons. The Bertz CT molecular complexity index is 1180. The third-order valence-electron chi connectivity index (χ3n) is 4.31. The van der Waals surface area contributed by atoms with Crippen LogP contribution in [-0.2, 0) is 9.53 Å². The number of halogens is 1. The summed E-state index contributed by atoms with van der Waals surface area (Å²) in [4.78, 5) is 34.7. The molecule has 0 fully saturated rings. The largest absolute Gasteiger partial charge is 0.443 e. The van der Waals surface area contributed by atoms with E-state index in [2.05, 4.69) is 15.3 Å². The van der Waals surface area contributed by atoms with Crippen LogP contribution in [0.4, 0.5) is 15.6 Å². The SMILES string of the molecule is CC(=O)Nc1nc2ccc(-c3cnc(Cl)c(N(C(=O)OC(C)(C)C)C(C)(C)C)c3)cc2s1. The van der Waals surface area contributed by atoms with Crippen molar-refractivity contribution in [3.05, 3.63) is 35.6 Å². The van der Waals surface area contributed by atoms with Gasteiger partial charge in [0, 0.05) is 24.2 Å². The van der Waals surface area contributed by atoms with E-state index < -0.39 is 17.2 Å². The summed E-state index contributed by atoms with van der Waals surface area (Å²) in [5.41, 5.74) is 1.68. The Kier molecular flexibility index (Phi) is 6.49. The van der Waals surface area contributed by atoms with Gasteiger partial charge in [0.15, 0.2) is 10.3 Å². The van der Waals surface area contributed by atoms with Crippen molar-refractivity contribution in [2.24, 2.45) is 0 Å². The van der Waals surface area contributed by atoms with Gasteiger partial charge < -0.3 is 10.1 Å². The smallest absolute Gasteiger partial charge is 0.415 e. The van der Waals surface area contributed by atoms with Gasteiger partial charge in [-0.3, -0.25) is 9.69 Å². The van der Waals surface area contributed by atoms with Gasteiger partial charge in [0.25, 0.3) is 0 Å². The van der Waals surface area contributed by atoms with E-state index >= 15 is 0 Å². The molecule has 0 saturated heterocycles. The number of nitrogens with one attached hydrogen (secondary N) is 1. The Morgan fingerprint density at radius 3 is 2.38 bits per heavy atom. The van der Waals surface area contributed by atoms with E-state index in [9.17, 15) is 9.59 Å². The summed E-state index contributed by atoms with van der Waals surface area (Å²) in [6, 6.07) is 7.61. The fourth-order valence-electron chi connectivity index (χ4n) is 3.10. The molecule has 2 amide bonds. The van der Waals surface area contributed by atoms with E-state index in [1.165, 1.54) is 23.2 Å². The van der Waals surface area contributed by atoms with E-state index in [1.54, 1.807) is 6.20 Å². The number of carbonyl (C=O) groups is 2. The summed E-state index contributed by atoms with van der Waals surface area (Å²) in [5.74, 6) is -0.166. The summed E-state index contributed by atoms with van der Waals surface area (Å²) in [7, 11) is 0. The van der Waals surface area contributed by atoms with Crippen LogP contribution in [0.2, 0.25) is 5.15 Å². The van der Waals surface area contributed by atoms with Crippen molar-refractivity contribution in [1.82, 2.24) is 9.97 Å². The molecular formula is C23H27ClN4O3S. The topological polar surface area (TPSA) is 84.4 Å². The molecule has 1 aromatic carbocycles. The minimum atomic E-state index is -0.652. The molecule has 2 heterocycles. The van der Waals surface area contributed by atoms with Crippen LogP contribution in [0.5, 0.6) is 0 Å². The van der Waals surface area contributed by atoms with E-state index in [0.29, 0.717) is 10.8 Å². The fourth-order valence-corrected chi connectivity index (χ4v) is 4.24. The highest BCUT2D eigenvalue weighted by atomic mass is 35.5. The van der Waals surface area contributed by atoms with Gasteiger partial charge in [-0.2, -0.15) is 0 Å². The Morgan fingerprint density at radius 2 is 1.78 bits per heavy atom. The highest BCUT2D eigenvalue weighted by Gasteiger charge is 2.34. The molecule has 0 aliphatic heterocycles. The fraction of sp³-hybridized carbons (Fsp3) is 0.391. The van der Waals surface area contributed by atoms with Gasteiger partial charge in [0.05, 0.1) is 15.9 Å². The molecule has 3 rings (SSSR count). The van der Waals surface area contributed by atoms with Crippen LogP contribution in [0.25, 0.3) is 21.3 Å². The van der Waals surface area contributed by atoms with E-state index in [1.807, 2.05) is 65.8 Å². The first-order chi connectivity index (χ1) is 14.7. The lowest BCUT2D eigenvalue weighted by Crippen LogP contribution is -2.48. The number of nitrogens with zero attached hydrogens (tertiary/aromatic N) is 3. The Hall–Kier alpha value is -2.71. The molecule has 7 nitrogen and oxygen atoms in total. The molecular weight excluding hydrogens is 448 g/mol. The molecule has 0 saturated carbocycles. The van der Waals surface area contributed by atoms with E-state index in [0.717, 1.165) is 21.3 Å². The highest BCUT2D eigenvalue weighted by Crippen LogP contribution is 2.36. The quantitative estimate of drug-likeness (QED) is 0.437. The summed E-state index contributed by atoms with van der Waals surface area (Å²) < 4.78 is 6.55. The molecule has 0 aliphatic rings. The number of benzene rings is 1. The number of ether oxygens (including phenoxy) is 1. The van der Waals surface area contributed by atoms with Crippen LogP contribution >= 0.6 is 22.9 Å². The van der Waals surface area contributed by atoms with Gasteiger partial charge in [-0.25, -0.2) is 14.8 Å². The maximum atomic E-state index is 13.0. The average Bonchev–Trinajstić information content (AvgIpc) is 3.01. The predicted octanol–water partition coefficient (Wildman–Crippen LogP) is 6.51. The van der Waals surface area contributed by atoms with Crippen LogP contribution < -0.4 is 10.2 Å². The maximum Gasteiger partial charge on any atom is 0.415 e. The summed E-state index contributed by atoms with van der Waals surface area (Å²) in [6.45, 7) is 12.6. The number of carbonyl (C=O) groups excluding carboxylic acids is 2. The first-order valence-corrected chi connectivity index (χ1v) is 11.3. The molecule has 0 atom stereocenters. The lowest BCUT2D eigenvalue weighted by Gasteiger charge is -2.37. The Labute approximate surface area is 196 Å². The molecule has 1 N–H and O–H groups in total. The van der Waals surface area contributed by atoms with Crippen LogP contribution in [0, 0.1) is 0 Å². The number of fused-ring (bicyclic) bond motifs is 1. The number of amides is 2. The van der Waals surface area contributed by atoms with Crippen LogP contribution in [0.15, 0.2) is 30.5 Å². The zero-order valence-corrected chi connectivity index (χ0v) is 20.8. The van der Waals surface area contributed by atoms with Gasteiger partial charge in [-0.15, -0.1) is 0 Å². The zero-order chi connectivity index (χ0) is 23.8. The van der Waals surface area contributed by atoms with Crippen molar-refractivity contribution in [1.29, 1.82) is 0 Å². The van der Waals surface area contributed by atoms with E-state index in [-0.39, 0.29) is 11.1 Å². The van der Waals surface area contributed by atoms with Gasteiger partial charge in [-0.05, 0) is 65.3 Å². The summed E-state index contributed by atoms with van der Waals surface area (Å²) in [5, 5.41) is 3.47. The number of pyridine rings is 1. The number of anilines is 2. The Balaban J connectivity index is 2.05. The first-order valence-electron chi connectivity index (χ1n) is 10.1. The molecule has 0 radical (unpaired) electrons. The average molecular weight is 475 g/mol. The predicted molar refractivity (Wildman–Crippen MR) is 131 cm³/mol. The number of rotatable bonds is 3. The van der Waals surface area contributed by atoms with Crippen molar-refractivity contribution in [3.63, 3.8) is 0 Å². The van der Waals surface area contributed by atoms with Gasteiger partial charge >= 0.3 is 6.09 Å². The molecule has 0 bridgehead atoms. The zero-order valence-electron chi connectivity index (χ0n) is 19.2. The van der Waals surface area contributed by atoms with Crippen molar-refractivity contribution >= 4 is 56.0 Å². The highest BCUT2D eigenvalue weighted by molar-refractivity contribution is 7.22. The molecule has 2 aromatic heterocycles. The van der Waals surface area contributed by atoms with Crippen LogP contribution in [-0.4, -0.2) is 33.1 Å². The van der Waals surface area contributed by atoms with Crippen LogP contribution in [0.1, 0.15) is 48.5 Å². The van der Waals surface area contributed by atoms with Crippen molar-refractivity contribution in [2.45, 2.75) is 59.6 Å². The Morgan fingerprint density at radius 1 is 1.09 bits per heavy atom. The molecule has 3 aromatic rings. The number of hydrogen-bond acceptors (Lipinski definition) is 6. The van der Waals surface area contributed by atoms with Crippen LogP contribution in [0.3, 0.4) is 0 Å². The minimum absolute atomic E-state index is 0.166. The lowest BCUT2D eigenvalue weighted by atomic mass is 10.0. The molecule has 0 aliphatic carbocycles. The molecule has 0 unspecified atom stereocenters. The van der Waals surface area contributed by atoms with Gasteiger partial charge in [0.2, 0.25) is 5.91 Å². The maximum absolute atomic E-state index is 13.0. The second-order valence-electron chi connectivity index (χ2n) is 9.40. The monoisotopic (exact) mass is 474 g/mol. The van der Waals surface area contributed by atoms with Crippen molar-refractivity contribution in [2.75, 3.05) is 10.2 Å². The number of aromatic nitrogens is 2. The molecule has 32 heavy (non-hydrogen) atoms. The minimum Gasteiger partial charge on any atom is -0.443 e. The number of hydrogen-bond donors (Lipinski definition) is 1. The lowest BCUT2D eigenvalue weighted by molar-refractivity contribution is -0.114. The second-order valence-corrected chi connectivity index (χ2v) is 10.8. The summed E-state index contributed by atoms with van der Waals surface area (Å²) >= 11 is 7.83. The molecule has 9 heteroatoms. The molecule has 0 spiro atoms. The summed E-state index contributed by atoms with van der Waals surface area (Å²) in [6.07, 6.45) is 1.17. The van der Waals surface area contributed by atoms with E-state index in [4.69, 9.17) is 16.3 Å². The first kappa shape index (κ1) is 23.9. The second kappa shape index (κ2) is 8.67. The normalized spacial score (nSPS) is 12.0. The van der Waals surface area contributed by atoms with Gasteiger partial charge in [-0.1, -0.05) is 29.0 Å². The third-order valence-corrected chi connectivity index (χ3v) is 5.54. The number of thiazole rings is 1. The van der Waals surface area contributed by atoms with Crippen molar-refractivity contribution in [3.8, 4) is 11.1 Å². The van der Waals surface area contributed by atoms with Crippen molar-refractivity contribution < 1.29 is 14.3 Å².